The van der Waals surface area contributed by atoms with Crippen molar-refractivity contribution in [2.24, 2.45) is 5.73 Å². The lowest BCUT2D eigenvalue weighted by Crippen LogP contribution is -2.61. The van der Waals surface area contributed by atoms with E-state index in [0.29, 0.717) is 73.2 Å². The van der Waals surface area contributed by atoms with Gasteiger partial charge in [0.25, 0.3) is 5.91 Å². The van der Waals surface area contributed by atoms with Crippen LogP contribution in [0.1, 0.15) is 47.7 Å². The quantitative estimate of drug-likeness (QED) is 0.331. The van der Waals surface area contributed by atoms with Crippen LogP contribution in [0.5, 0.6) is 28.7 Å². The Labute approximate surface area is 271 Å². The van der Waals surface area contributed by atoms with Crippen molar-refractivity contribution in [2.75, 3.05) is 61.7 Å². The molecular formula is C36H45N3O7. The van der Waals surface area contributed by atoms with Crippen LogP contribution in [0.15, 0.2) is 60.7 Å². The Morgan fingerprint density at radius 1 is 0.783 bits per heavy atom. The summed E-state index contributed by atoms with van der Waals surface area (Å²) >= 11 is 0. The average molecular weight is 632 g/mol. The van der Waals surface area contributed by atoms with Gasteiger partial charge in [-0.1, -0.05) is 43.3 Å². The molecule has 246 valence electrons. The number of likely N-dealkylation sites (N-methyl/N-ethyl adjacent to an activating group) is 1. The summed E-state index contributed by atoms with van der Waals surface area (Å²) in [7, 11) is 7.83. The highest BCUT2D eigenvalue weighted by atomic mass is 16.5. The second-order valence-electron chi connectivity index (χ2n) is 12.0. The minimum Gasteiger partial charge on any atom is -0.493 e. The Bertz CT molecular complexity index is 1540. The monoisotopic (exact) mass is 631 g/mol. The normalized spacial score (nSPS) is 23.1. The molecule has 3 unspecified atom stereocenters. The van der Waals surface area contributed by atoms with Crippen molar-refractivity contribution in [3.05, 3.63) is 77.4 Å². The highest BCUT2D eigenvalue weighted by Crippen LogP contribution is 2.50. The first-order chi connectivity index (χ1) is 22.2. The lowest BCUT2D eigenvalue weighted by Gasteiger charge is -2.52. The predicted octanol–water partition coefficient (Wildman–Crippen LogP) is 4.42. The highest BCUT2D eigenvalue weighted by molar-refractivity contribution is 5.96. The Morgan fingerprint density at radius 2 is 1.43 bits per heavy atom. The van der Waals surface area contributed by atoms with Gasteiger partial charge in [0, 0.05) is 30.1 Å². The fourth-order valence-corrected chi connectivity index (χ4v) is 7.60. The standard InChI is InChI=1S/C36H45N3O7/c1-7-38-17-15-35(34(37)41,25-11-9-8-10-12-25)22-31(38)36(26-13-14-27(42-2)28(21-26)43-3)16-18-39(23-36)33(40)24-19-29(44-4)32(46-6)30(20-24)45-5/h8-14,19-21,31H,7,15-18,22-23H2,1-6H3,(H2,37,41). The van der Waals surface area contributed by atoms with Crippen LogP contribution in [-0.2, 0) is 15.6 Å². The topological polar surface area (TPSA) is 113 Å². The fourth-order valence-electron chi connectivity index (χ4n) is 7.60. The molecule has 0 aromatic heterocycles. The fraction of sp³-hybridized carbons (Fsp3) is 0.444. The van der Waals surface area contributed by atoms with Crippen LogP contribution < -0.4 is 29.4 Å². The molecule has 10 nitrogen and oxygen atoms in total. The lowest BCUT2D eigenvalue weighted by atomic mass is 9.61. The van der Waals surface area contributed by atoms with Crippen LogP contribution in [0.4, 0.5) is 0 Å². The van der Waals surface area contributed by atoms with Gasteiger partial charge < -0.3 is 34.3 Å². The van der Waals surface area contributed by atoms with Gasteiger partial charge in [-0.2, -0.15) is 0 Å². The van der Waals surface area contributed by atoms with E-state index in [-0.39, 0.29) is 17.9 Å². The minimum absolute atomic E-state index is 0.116. The third-order valence-corrected chi connectivity index (χ3v) is 10.1. The maximum absolute atomic E-state index is 14.3. The molecule has 5 rings (SSSR count). The van der Waals surface area contributed by atoms with Gasteiger partial charge in [-0.3, -0.25) is 14.5 Å². The van der Waals surface area contributed by atoms with Gasteiger partial charge in [-0.25, -0.2) is 0 Å². The van der Waals surface area contributed by atoms with E-state index in [1.165, 1.54) is 21.3 Å². The molecule has 2 saturated heterocycles. The number of amides is 2. The number of methoxy groups -OCH3 is 5. The Balaban J connectivity index is 1.63. The molecule has 3 atom stereocenters. The first-order valence-electron chi connectivity index (χ1n) is 15.6. The molecule has 0 aliphatic carbocycles. The molecule has 0 saturated carbocycles. The number of carbonyl (C=O) groups excluding carboxylic acids is 2. The molecule has 46 heavy (non-hydrogen) atoms. The summed E-state index contributed by atoms with van der Waals surface area (Å²) in [5, 5.41) is 0. The first kappa shape index (κ1) is 32.9. The maximum atomic E-state index is 14.3. The number of rotatable bonds is 11. The van der Waals surface area contributed by atoms with Crippen molar-refractivity contribution in [2.45, 2.75) is 43.1 Å². The predicted molar refractivity (Wildman–Crippen MR) is 175 cm³/mol. The Hall–Kier alpha value is -4.44. The molecule has 10 heteroatoms. The zero-order valence-corrected chi connectivity index (χ0v) is 27.6. The number of ether oxygens (including phenoxy) is 5. The van der Waals surface area contributed by atoms with Crippen LogP contribution in [0.2, 0.25) is 0 Å². The largest absolute Gasteiger partial charge is 0.493 e. The highest BCUT2D eigenvalue weighted by Gasteiger charge is 2.55. The summed E-state index contributed by atoms with van der Waals surface area (Å²) < 4.78 is 27.9. The summed E-state index contributed by atoms with van der Waals surface area (Å²) in [5.41, 5.74) is 7.25. The van der Waals surface area contributed by atoms with Crippen LogP contribution >= 0.6 is 0 Å². The van der Waals surface area contributed by atoms with Gasteiger partial charge in [0.1, 0.15) is 0 Å². The molecule has 0 bridgehead atoms. The number of primary amides is 1. The molecule has 2 N–H and O–H groups in total. The van der Waals surface area contributed by atoms with Gasteiger partial charge in [-0.05, 0) is 67.7 Å². The molecule has 0 radical (unpaired) electrons. The summed E-state index contributed by atoms with van der Waals surface area (Å²) in [6.07, 6.45) is 1.80. The van der Waals surface area contributed by atoms with Crippen LogP contribution in [0.3, 0.4) is 0 Å². The van der Waals surface area contributed by atoms with Crippen LogP contribution in [0, 0.1) is 0 Å². The van der Waals surface area contributed by atoms with E-state index in [1.807, 2.05) is 47.4 Å². The van der Waals surface area contributed by atoms with Crippen molar-refractivity contribution in [1.29, 1.82) is 0 Å². The van der Waals surface area contributed by atoms with Gasteiger partial charge >= 0.3 is 0 Å². The number of nitrogens with zero attached hydrogens (tertiary/aromatic N) is 2. The second kappa shape index (κ2) is 13.5. The molecular weight excluding hydrogens is 586 g/mol. The van der Waals surface area contributed by atoms with Crippen LogP contribution in [0.25, 0.3) is 0 Å². The van der Waals surface area contributed by atoms with Gasteiger partial charge in [0.05, 0.1) is 41.0 Å². The van der Waals surface area contributed by atoms with Crippen molar-refractivity contribution < 1.29 is 33.3 Å². The van der Waals surface area contributed by atoms with Gasteiger partial charge in [-0.15, -0.1) is 0 Å². The molecule has 2 aliphatic heterocycles. The lowest BCUT2D eigenvalue weighted by molar-refractivity contribution is -0.127. The van der Waals surface area contributed by atoms with Crippen molar-refractivity contribution in [1.82, 2.24) is 9.80 Å². The maximum Gasteiger partial charge on any atom is 0.254 e. The smallest absolute Gasteiger partial charge is 0.254 e. The van der Waals surface area contributed by atoms with Crippen molar-refractivity contribution >= 4 is 11.8 Å². The first-order valence-corrected chi connectivity index (χ1v) is 15.6. The zero-order valence-electron chi connectivity index (χ0n) is 27.6. The van der Waals surface area contributed by atoms with E-state index >= 15 is 0 Å². The van der Waals surface area contributed by atoms with Crippen molar-refractivity contribution in [3.8, 4) is 28.7 Å². The number of nitrogens with two attached hydrogens (primary N) is 1. The van der Waals surface area contributed by atoms with E-state index in [2.05, 4.69) is 17.9 Å². The Morgan fingerprint density at radius 3 is 2.00 bits per heavy atom. The summed E-state index contributed by atoms with van der Waals surface area (Å²) in [5.74, 6) is 2.00. The molecule has 3 aromatic rings. The van der Waals surface area contributed by atoms with Gasteiger partial charge in [0.15, 0.2) is 23.0 Å². The van der Waals surface area contributed by atoms with E-state index in [0.717, 1.165) is 17.7 Å². The second-order valence-corrected chi connectivity index (χ2v) is 12.0. The summed E-state index contributed by atoms with van der Waals surface area (Å²) in [6.45, 7) is 4.54. The number of hydrogen-bond acceptors (Lipinski definition) is 8. The molecule has 0 spiro atoms. The number of piperidine rings is 1. The molecule has 2 heterocycles. The number of benzene rings is 3. The van der Waals surface area contributed by atoms with Gasteiger partial charge in [0.2, 0.25) is 11.7 Å². The van der Waals surface area contributed by atoms with Crippen molar-refractivity contribution in [3.63, 3.8) is 0 Å². The van der Waals surface area contributed by atoms with Crippen LogP contribution in [-0.4, -0.2) is 89.4 Å². The average Bonchev–Trinajstić information content (AvgIpc) is 3.56. The molecule has 3 aromatic carbocycles. The number of carbonyl (C=O) groups is 2. The zero-order chi connectivity index (χ0) is 33.1. The number of hydrogen-bond donors (Lipinski definition) is 1. The van der Waals surface area contributed by atoms with E-state index in [1.54, 1.807) is 26.4 Å². The summed E-state index contributed by atoms with van der Waals surface area (Å²) in [6, 6.07) is 19.1. The third kappa shape index (κ3) is 5.59. The number of likely N-dealkylation sites (tertiary alicyclic amines) is 2. The molecule has 2 aliphatic rings. The summed E-state index contributed by atoms with van der Waals surface area (Å²) in [4.78, 5) is 32.0. The Kier molecular flexibility index (Phi) is 9.67. The SMILES string of the molecule is CCN1CCC(C(N)=O)(c2ccccc2)CC1C1(c2ccc(OC)c(OC)c2)CCN(C(=O)c2cc(OC)c(OC)c(OC)c2)C1. The third-order valence-electron chi connectivity index (χ3n) is 10.1. The van der Waals surface area contributed by atoms with E-state index in [9.17, 15) is 9.59 Å². The molecule has 2 fully saturated rings. The van der Waals surface area contributed by atoms with E-state index in [4.69, 9.17) is 29.4 Å². The molecule has 2 amide bonds. The van der Waals surface area contributed by atoms with E-state index < -0.39 is 10.8 Å². The minimum atomic E-state index is -0.852.